The number of morpholine rings is 1. The molecule has 0 unspecified atom stereocenters. The zero-order chi connectivity index (χ0) is 20.6. The lowest BCUT2D eigenvalue weighted by molar-refractivity contribution is 0.0368. The van der Waals surface area contributed by atoms with Crippen LogP contribution in [0.1, 0.15) is 12.0 Å². The van der Waals surface area contributed by atoms with Crippen LogP contribution in [0.25, 0.3) is 0 Å². The molecular weight excluding hydrogens is 449 g/mol. The van der Waals surface area contributed by atoms with E-state index in [2.05, 4.69) is 15.1 Å². The van der Waals surface area contributed by atoms with Crippen LogP contribution in [0.3, 0.4) is 0 Å². The molecule has 0 bridgehead atoms. The molecule has 0 radical (unpaired) electrons. The van der Waals surface area contributed by atoms with E-state index < -0.39 is 0 Å². The molecule has 0 saturated carbocycles. The predicted octanol–water partition coefficient (Wildman–Crippen LogP) is 5.57. The summed E-state index contributed by atoms with van der Waals surface area (Å²) in [5, 5.41) is 5.68. The Morgan fingerprint density at radius 2 is 1.76 bits per heavy atom. The standard InChI is InChI=1S/C21H24Cl3N3OS/c22-17-4-2-16(3-5-17)15-27(9-1-8-26-10-12-28-13-11-26)21(29)25-18-6-7-19(23)20(24)14-18/h2-7,14H,1,8-13,15H2,(H,25,29). The van der Waals surface area contributed by atoms with Crippen LogP contribution in [0.2, 0.25) is 15.1 Å². The Morgan fingerprint density at radius 3 is 2.45 bits per heavy atom. The third-order valence-corrected chi connectivity index (χ3v) is 6.10. The Hall–Kier alpha value is -1.08. The molecule has 156 valence electrons. The Bertz CT molecular complexity index is 813. The van der Waals surface area contributed by atoms with E-state index in [1.807, 2.05) is 30.3 Å². The maximum atomic E-state index is 6.13. The SMILES string of the molecule is S=C(Nc1ccc(Cl)c(Cl)c1)N(CCCN1CCOCC1)Cc1ccc(Cl)cc1. The molecule has 0 spiro atoms. The van der Waals surface area contributed by atoms with E-state index in [-0.39, 0.29) is 0 Å². The fourth-order valence-corrected chi connectivity index (χ4v) is 3.85. The molecule has 0 aromatic heterocycles. The second-order valence-corrected chi connectivity index (χ2v) is 8.55. The predicted molar refractivity (Wildman–Crippen MR) is 126 cm³/mol. The summed E-state index contributed by atoms with van der Waals surface area (Å²) in [6.07, 6.45) is 1.01. The van der Waals surface area contributed by atoms with E-state index in [1.54, 1.807) is 12.1 Å². The molecule has 2 aromatic rings. The second-order valence-electron chi connectivity index (χ2n) is 6.91. The Labute approximate surface area is 192 Å². The van der Waals surface area contributed by atoms with Crippen molar-refractivity contribution in [1.82, 2.24) is 9.80 Å². The minimum absolute atomic E-state index is 0.496. The van der Waals surface area contributed by atoms with E-state index in [1.165, 1.54) is 0 Å². The number of ether oxygens (including phenoxy) is 1. The van der Waals surface area contributed by atoms with Crippen molar-refractivity contribution in [3.63, 3.8) is 0 Å². The molecule has 4 nitrogen and oxygen atoms in total. The first-order valence-electron chi connectivity index (χ1n) is 9.57. The fraction of sp³-hybridized carbons (Fsp3) is 0.381. The zero-order valence-electron chi connectivity index (χ0n) is 16.0. The van der Waals surface area contributed by atoms with Crippen molar-refractivity contribution >= 4 is 57.8 Å². The highest BCUT2D eigenvalue weighted by molar-refractivity contribution is 7.80. The summed E-state index contributed by atoms with van der Waals surface area (Å²) in [5.74, 6) is 0. The van der Waals surface area contributed by atoms with Crippen molar-refractivity contribution in [2.45, 2.75) is 13.0 Å². The monoisotopic (exact) mass is 471 g/mol. The largest absolute Gasteiger partial charge is 0.379 e. The van der Waals surface area contributed by atoms with Crippen LogP contribution in [0.5, 0.6) is 0 Å². The Kier molecular flexibility index (Phi) is 8.85. The molecule has 2 aromatic carbocycles. The highest BCUT2D eigenvalue weighted by Gasteiger charge is 2.14. The Morgan fingerprint density at radius 1 is 1.03 bits per heavy atom. The average molecular weight is 473 g/mol. The van der Waals surface area contributed by atoms with Gasteiger partial charge in [0, 0.05) is 43.4 Å². The molecular formula is C21H24Cl3N3OS. The number of thiocarbonyl (C=S) groups is 1. The first-order chi connectivity index (χ1) is 14.0. The third-order valence-electron chi connectivity index (χ3n) is 4.75. The smallest absolute Gasteiger partial charge is 0.173 e. The van der Waals surface area contributed by atoms with Crippen LogP contribution in [0.4, 0.5) is 5.69 Å². The molecule has 3 rings (SSSR count). The number of rotatable bonds is 7. The molecule has 1 saturated heterocycles. The number of hydrogen-bond donors (Lipinski definition) is 1. The molecule has 0 aliphatic carbocycles. The number of nitrogens with zero attached hydrogens (tertiary/aromatic N) is 2. The van der Waals surface area contributed by atoms with Gasteiger partial charge < -0.3 is 15.0 Å². The number of benzene rings is 2. The molecule has 8 heteroatoms. The summed E-state index contributed by atoms with van der Waals surface area (Å²) in [6.45, 7) is 6.17. The lowest BCUT2D eigenvalue weighted by Crippen LogP contribution is -2.40. The van der Waals surface area contributed by atoms with E-state index >= 15 is 0 Å². The lowest BCUT2D eigenvalue weighted by Gasteiger charge is -2.29. The first kappa shape index (κ1) is 22.6. The highest BCUT2D eigenvalue weighted by atomic mass is 35.5. The molecule has 29 heavy (non-hydrogen) atoms. The summed E-state index contributed by atoms with van der Waals surface area (Å²) in [5.41, 5.74) is 1.97. The first-order valence-corrected chi connectivity index (χ1v) is 11.1. The normalized spacial score (nSPS) is 14.6. The van der Waals surface area contributed by atoms with Crippen LogP contribution in [-0.2, 0) is 11.3 Å². The van der Waals surface area contributed by atoms with E-state index in [0.29, 0.717) is 21.7 Å². The van der Waals surface area contributed by atoms with Gasteiger partial charge >= 0.3 is 0 Å². The van der Waals surface area contributed by atoms with Gasteiger partial charge in [-0.1, -0.05) is 46.9 Å². The molecule has 1 N–H and O–H groups in total. The highest BCUT2D eigenvalue weighted by Crippen LogP contribution is 2.25. The number of hydrogen-bond acceptors (Lipinski definition) is 3. The molecule has 1 aliphatic rings. The van der Waals surface area contributed by atoms with Gasteiger partial charge in [-0.3, -0.25) is 4.90 Å². The number of nitrogens with one attached hydrogen (secondary N) is 1. The van der Waals surface area contributed by atoms with E-state index in [0.717, 1.165) is 62.1 Å². The van der Waals surface area contributed by atoms with Gasteiger partial charge in [0.1, 0.15) is 0 Å². The van der Waals surface area contributed by atoms with Crippen LogP contribution in [-0.4, -0.2) is 54.3 Å². The minimum atomic E-state index is 0.496. The van der Waals surface area contributed by atoms with Crippen molar-refractivity contribution in [3.8, 4) is 0 Å². The third kappa shape index (κ3) is 7.28. The van der Waals surface area contributed by atoms with E-state index in [9.17, 15) is 0 Å². The fourth-order valence-electron chi connectivity index (χ4n) is 3.15. The van der Waals surface area contributed by atoms with Crippen molar-refractivity contribution in [2.24, 2.45) is 0 Å². The molecule has 0 amide bonds. The van der Waals surface area contributed by atoms with Gasteiger partial charge in [-0.15, -0.1) is 0 Å². The van der Waals surface area contributed by atoms with Crippen molar-refractivity contribution in [1.29, 1.82) is 0 Å². The molecule has 1 heterocycles. The molecule has 1 aliphatic heterocycles. The van der Waals surface area contributed by atoms with Crippen molar-refractivity contribution in [3.05, 3.63) is 63.1 Å². The van der Waals surface area contributed by atoms with Gasteiger partial charge in [0.05, 0.1) is 23.3 Å². The van der Waals surface area contributed by atoms with Crippen molar-refractivity contribution < 1.29 is 4.74 Å². The number of anilines is 1. The molecule has 0 atom stereocenters. The maximum Gasteiger partial charge on any atom is 0.173 e. The van der Waals surface area contributed by atoms with Gasteiger partial charge in [0.25, 0.3) is 0 Å². The summed E-state index contributed by atoms with van der Waals surface area (Å²) in [6, 6.07) is 13.3. The van der Waals surface area contributed by atoms with Gasteiger partial charge in [0.15, 0.2) is 5.11 Å². The Balaban J connectivity index is 1.63. The maximum absolute atomic E-state index is 6.13. The van der Waals surface area contributed by atoms with Gasteiger partial charge in [-0.2, -0.15) is 0 Å². The number of halogens is 3. The van der Waals surface area contributed by atoms with Crippen molar-refractivity contribution in [2.75, 3.05) is 44.7 Å². The summed E-state index contributed by atoms with van der Waals surface area (Å²) in [7, 11) is 0. The topological polar surface area (TPSA) is 27.7 Å². The minimum Gasteiger partial charge on any atom is -0.379 e. The van der Waals surface area contributed by atoms with Crippen LogP contribution in [0, 0.1) is 0 Å². The van der Waals surface area contributed by atoms with Crippen LogP contribution >= 0.6 is 47.0 Å². The van der Waals surface area contributed by atoms with Crippen LogP contribution in [0.15, 0.2) is 42.5 Å². The summed E-state index contributed by atoms with van der Waals surface area (Å²) in [4.78, 5) is 4.60. The zero-order valence-corrected chi connectivity index (χ0v) is 19.1. The van der Waals surface area contributed by atoms with Gasteiger partial charge in [-0.25, -0.2) is 0 Å². The van der Waals surface area contributed by atoms with Crippen LogP contribution < -0.4 is 5.32 Å². The van der Waals surface area contributed by atoms with Gasteiger partial charge in [-0.05, 0) is 54.5 Å². The average Bonchev–Trinajstić information content (AvgIpc) is 2.72. The molecule has 1 fully saturated rings. The quantitative estimate of drug-likeness (QED) is 0.532. The lowest BCUT2D eigenvalue weighted by atomic mass is 10.2. The van der Waals surface area contributed by atoms with E-state index in [4.69, 9.17) is 51.8 Å². The summed E-state index contributed by atoms with van der Waals surface area (Å²) < 4.78 is 5.42. The second kappa shape index (κ2) is 11.3. The van der Waals surface area contributed by atoms with Gasteiger partial charge in [0.2, 0.25) is 0 Å². The summed E-state index contributed by atoms with van der Waals surface area (Å²) >= 11 is 23.9.